The van der Waals surface area contributed by atoms with Gasteiger partial charge in [0.25, 0.3) is 0 Å². The number of anilines is 1. The lowest BCUT2D eigenvalue weighted by Gasteiger charge is -2.11. The average molecular weight is 340 g/mol. The molecule has 0 aliphatic rings. The van der Waals surface area contributed by atoms with Gasteiger partial charge in [-0.3, -0.25) is 0 Å². The van der Waals surface area contributed by atoms with Gasteiger partial charge in [0, 0.05) is 17.1 Å². The summed E-state index contributed by atoms with van der Waals surface area (Å²) in [4.78, 5) is 15.1. The lowest BCUT2D eigenvalue weighted by molar-refractivity contribution is -0.344. The summed E-state index contributed by atoms with van der Waals surface area (Å²) in [6, 6.07) is 5.74. The molecule has 106 valence electrons. The van der Waals surface area contributed by atoms with E-state index in [-0.39, 0.29) is 6.61 Å². The molecule has 1 heterocycles. The average Bonchev–Trinajstić information content (AvgIpc) is 2.44. The van der Waals surface area contributed by atoms with Gasteiger partial charge in [-0.1, -0.05) is 15.9 Å². The number of carbonyl (C=O) groups excluding carboxylic acids is 1. The zero-order chi connectivity index (χ0) is 14.5. The van der Waals surface area contributed by atoms with Crippen LogP contribution in [0.2, 0.25) is 0 Å². The molecule has 0 spiro atoms. The first-order valence-corrected chi connectivity index (χ1v) is 7.12. The number of benzene rings is 1. The van der Waals surface area contributed by atoms with E-state index in [9.17, 15) is 4.79 Å². The van der Waals surface area contributed by atoms with Gasteiger partial charge >= 0.3 is 5.97 Å². The van der Waals surface area contributed by atoms with Crippen molar-refractivity contribution in [2.45, 2.75) is 6.92 Å². The van der Waals surface area contributed by atoms with Gasteiger partial charge in [0.1, 0.15) is 5.56 Å². The van der Waals surface area contributed by atoms with Crippen LogP contribution in [0.3, 0.4) is 0 Å². The fourth-order valence-corrected chi connectivity index (χ4v) is 2.32. The SMILES string of the molecule is CCOC(=O)c1c[nH+]c2ccc(Br)cc2c1NCCO. The van der Waals surface area contributed by atoms with Crippen molar-refractivity contribution >= 4 is 38.5 Å². The molecular weight excluding hydrogens is 324 g/mol. The zero-order valence-corrected chi connectivity index (χ0v) is 12.7. The van der Waals surface area contributed by atoms with Crippen LogP contribution in [0.5, 0.6) is 0 Å². The van der Waals surface area contributed by atoms with Crippen LogP contribution in [0.4, 0.5) is 5.69 Å². The van der Waals surface area contributed by atoms with Gasteiger partial charge in [-0.25, -0.2) is 9.78 Å². The molecule has 5 nitrogen and oxygen atoms in total. The fraction of sp³-hybridized carbons (Fsp3) is 0.286. The first kappa shape index (κ1) is 14.7. The van der Waals surface area contributed by atoms with Crippen molar-refractivity contribution in [3.8, 4) is 0 Å². The molecule has 0 aliphatic carbocycles. The van der Waals surface area contributed by atoms with E-state index in [1.807, 2.05) is 18.2 Å². The molecule has 0 aliphatic heterocycles. The van der Waals surface area contributed by atoms with E-state index in [0.29, 0.717) is 24.4 Å². The summed E-state index contributed by atoms with van der Waals surface area (Å²) in [5.41, 5.74) is 1.97. The largest absolute Gasteiger partial charge is 0.462 e. The van der Waals surface area contributed by atoms with Crippen molar-refractivity contribution in [1.29, 1.82) is 0 Å². The number of fused-ring (bicyclic) bond motifs is 1. The Bertz CT molecular complexity index is 631. The Labute approximate surface area is 125 Å². The molecular formula is C14H16BrN2O3+. The van der Waals surface area contributed by atoms with E-state index in [2.05, 4.69) is 26.2 Å². The van der Waals surface area contributed by atoms with E-state index in [1.165, 1.54) is 0 Å². The Morgan fingerprint density at radius 1 is 1.50 bits per heavy atom. The Kier molecular flexibility index (Phi) is 4.92. The second kappa shape index (κ2) is 6.67. The highest BCUT2D eigenvalue weighted by molar-refractivity contribution is 9.10. The Morgan fingerprint density at radius 2 is 2.30 bits per heavy atom. The fourth-order valence-electron chi connectivity index (χ4n) is 1.96. The molecule has 2 rings (SSSR count). The monoisotopic (exact) mass is 339 g/mol. The van der Waals surface area contributed by atoms with Gasteiger partial charge < -0.3 is 15.2 Å². The van der Waals surface area contributed by atoms with Crippen molar-refractivity contribution in [2.24, 2.45) is 0 Å². The number of nitrogens with one attached hydrogen (secondary N) is 2. The molecule has 3 N–H and O–H groups in total. The molecule has 2 aromatic rings. The molecule has 0 atom stereocenters. The Balaban J connectivity index is 2.58. The summed E-state index contributed by atoms with van der Waals surface area (Å²) in [5.74, 6) is -0.397. The maximum atomic E-state index is 12.0. The van der Waals surface area contributed by atoms with Gasteiger partial charge in [0.15, 0.2) is 6.20 Å². The number of esters is 1. The summed E-state index contributed by atoms with van der Waals surface area (Å²) in [6.07, 6.45) is 1.62. The topological polar surface area (TPSA) is 72.7 Å². The summed E-state index contributed by atoms with van der Waals surface area (Å²) < 4.78 is 5.96. The summed E-state index contributed by atoms with van der Waals surface area (Å²) >= 11 is 3.42. The second-order valence-corrected chi connectivity index (χ2v) is 5.05. The quantitative estimate of drug-likeness (QED) is 0.817. The molecule has 6 heteroatoms. The van der Waals surface area contributed by atoms with Gasteiger partial charge in [-0.05, 0) is 19.1 Å². The highest BCUT2D eigenvalue weighted by Crippen LogP contribution is 2.27. The van der Waals surface area contributed by atoms with Crippen LogP contribution in [-0.4, -0.2) is 30.8 Å². The molecule has 1 aromatic carbocycles. The van der Waals surface area contributed by atoms with Gasteiger partial charge in [-0.2, -0.15) is 0 Å². The first-order chi connectivity index (χ1) is 9.67. The number of ether oxygens (including phenoxy) is 1. The maximum Gasteiger partial charge on any atom is 0.346 e. The van der Waals surface area contributed by atoms with E-state index >= 15 is 0 Å². The number of H-pyrrole nitrogens is 1. The third-order valence-corrected chi connectivity index (χ3v) is 3.29. The van der Waals surface area contributed by atoms with E-state index < -0.39 is 5.97 Å². The van der Waals surface area contributed by atoms with Crippen molar-refractivity contribution in [1.82, 2.24) is 0 Å². The van der Waals surface area contributed by atoms with Crippen LogP contribution in [0.1, 0.15) is 17.3 Å². The number of hydrogen-bond acceptors (Lipinski definition) is 4. The zero-order valence-electron chi connectivity index (χ0n) is 11.1. The molecule has 0 unspecified atom stereocenters. The van der Waals surface area contributed by atoms with Crippen molar-refractivity contribution in [3.63, 3.8) is 0 Å². The smallest absolute Gasteiger partial charge is 0.346 e. The van der Waals surface area contributed by atoms with Crippen molar-refractivity contribution in [3.05, 3.63) is 34.4 Å². The molecule has 0 saturated carbocycles. The maximum absolute atomic E-state index is 12.0. The number of aliphatic hydroxyl groups excluding tert-OH is 1. The van der Waals surface area contributed by atoms with Crippen LogP contribution in [0, 0.1) is 0 Å². The normalized spacial score (nSPS) is 10.6. The number of carbonyl (C=O) groups is 1. The van der Waals surface area contributed by atoms with Crippen LogP contribution >= 0.6 is 15.9 Å². The summed E-state index contributed by atoms with van der Waals surface area (Å²) in [5, 5.41) is 12.9. The lowest BCUT2D eigenvalue weighted by Crippen LogP contribution is -2.17. The number of aliphatic hydroxyl groups is 1. The van der Waals surface area contributed by atoms with Gasteiger partial charge in [0.2, 0.25) is 5.52 Å². The molecule has 0 fully saturated rings. The molecule has 0 bridgehead atoms. The summed E-state index contributed by atoms with van der Waals surface area (Å²) in [6.45, 7) is 2.42. The molecule has 0 saturated heterocycles. The predicted molar refractivity (Wildman–Crippen MR) is 79.7 cm³/mol. The van der Waals surface area contributed by atoms with Crippen molar-refractivity contribution in [2.75, 3.05) is 25.1 Å². The predicted octanol–water partition coefficient (Wildman–Crippen LogP) is 2.00. The number of rotatable bonds is 5. The molecule has 0 radical (unpaired) electrons. The summed E-state index contributed by atoms with van der Waals surface area (Å²) in [7, 11) is 0. The minimum absolute atomic E-state index is 0.0175. The van der Waals surface area contributed by atoms with E-state index in [1.54, 1.807) is 13.1 Å². The Hall–Kier alpha value is -1.66. The van der Waals surface area contributed by atoms with E-state index in [0.717, 1.165) is 15.4 Å². The van der Waals surface area contributed by atoms with Crippen LogP contribution in [0.25, 0.3) is 10.9 Å². The van der Waals surface area contributed by atoms with Crippen LogP contribution in [0.15, 0.2) is 28.9 Å². The number of halogens is 1. The number of aromatic nitrogens is 1. The first-order valence-electron chi connectivity index (χ1n) is 6.33. The van der Waals surface area contributed by atoms with Crippen LogP contribution < -0.4 is 10.3 Å². The standard InChI is InChI=1S/C14H15BrN2O3/c1-2-20-14(19)11-8-17-12-4-3-9(15)7-10(12)13(11)16-5-6-18/h3-4,7-8,18H,2,5-6H2,1H3,(H,16,17)/p+1. The van der Waals surface area contributed by atoms with E-state index in [4.69, 9.17) is 9.84 Å². The Morgan fingerprint density at radius 3 is 3.00 bits per heavy atom. The lowest BCUT2D eigenvalue weighted by atomic mass is 10.1. The number of hydrogen-bond donors (Lipinski definition) is 2. The minimum atomic E-state index is -0.397. The second-order valence-electron chi connectivity index (χ2n) is 4.14. The highest BCUT2D eigenvalue weighted by Gasteiger charge is 2.20. The highest BCUT2D eigenvalue weighted by atomic mass is 79.9. The number of aromatic amines is 1. The molecule has 20 heavy (non-hydrogen) atoms. The van der Waals surface area contributed by atoms with Crippen molar-refractivity contribution < 1.29 is 19.6 Å². The van der Waals surface area contributed by atoms with Gasteiger partial charge in [0.05, 0.1) is 24.3 Å². The molecule has 1 aromatic heterocycles. The van der Waals surface area contributed by atoms with Gasteiger partial charge in [-0.15, -0.1) is 0 Å². The van der Waals surface area contributed by atoms with Crippen LogP contribution in [-0.2, 0) is 4.74 Å². The third-order valence-electron chi connectivity index (χ3n) is 2.80. The third kappa shape index (κ3) is 3.08. The number of pyridine rings is 1. The minimum Gasteiger partial charge on any atom is -0.462 e. The molecule has 0 amide bonds.